The first kappa shape index (κ1) is 10.9. The minimum absolute atomic E-state index is 0.427. The first-order valence-corrected chi connectivity index (χ1v) is 5.98. The Morgan fingerprint density at radius 2 is 2.38 bits per heavy atom. The number of thioether (sulfide) groups is 1. The zero-order valence-electron chi connectivity index (χ0n) is 7.96. The Labute approximate surface area is 85.0 Å². The molecule has 0 aromatic rings. The summed E-state index contributed by atoms with van der Waals surface area (Å²) >= 11 is 1.81. The predicted octanol–water partition coefficient (Wildman–Crippen LogP) is 0.822. The van der Waals surface area contributed by atoms with Gasteiger partial charge in [0.1, 0.15) is 0 Å². The van der Waals surface area contributed by atoms with Crippen LogP contribution in [-0.2, 0) is 0 Å². The third kappa shape index (κ3) is 4.56. The fourth-order valence-electron chi connectivity index (χ4n) is 1.67. The standard InChI is InChI=1S/C10H18N2S/c1-2-6-13-7-5-12-10-4-3-9(11)8-10/h1,9-10,12H,3-8,11H2. The first-order valence-electron chi connectivity index (χ1n) is 4.83. The molecule has 3 heteroatoms. The molecule has 0 saturated heterocycles. The lowest BCUT2D eigenvalue weighted by Crippen LogP contribution is -2.30. The van der Waals surface area contributed by atoms with E-state index in [1.165, 1.54) is 12.8 Å². The van der Waals surface area contributed by atoms with Gasteiger partial charge in [-0.1, -0.05) is 5.92 Å². The molecule has 0 aliphatic heterocycles. The van der Waals surface area contributed by atoms with Crippen molar-refractivity contribution in [3.8, 4) is 12.3 Å². The molecule has 1 aliphatic rings. The van der Waals surface area contributed by atoms with Crippen LogP contribution in [-0.4, -0.2) is 30.1 Å². The molecular formula is C10H18N2S. The number of hydrogen-bond donors (Lipinski definition) is 2. The van der Waals surface area contributed by atoms with E-state index in [1.807, 2.05) is 11.8 Å². The predicted molar refractivity (Wildman–Crippen MR) is 59.8 cm³/mol. The van der Waals surface area contributed by atoms with E-state index in [0.717, 1.165) is 24.5 Å². The summed E-state index contributed by atoms with van der Waals surface area (Å²) in [4.78, 5) is 0. The van der Waals surface area contributed by atoms with Crippen LogP contribution < -0.4 is 11.1 Å². The molecule has 3 N–H and O–H groups in total. The minimum atomic E-state index is 0.427. The van der Waals surface area contributed by atoms with Gasteiger partial charge >= 0.3 is 0 Å². The molecule has 0 spiro atoms. The molecule has 0 aromatic carbocycles. The van der Waals surface area contributed by atoms with Crippen molar-refractivity contribution in [2.75, 3.05) is 18.1 Å². The molecule has 1 aliphatic carbocycles. The molecular weight excluding hydrogens is 180 g/mol. The molecule has 0 heterocycles. The van der Waals surface area contributed by atoms with Crippen LogP contribution in [0.2, 0.25) is 0 Å². The topological polar surface area (TPSA) is 38.0 Å². The summed E-state index contributed by atoms with van der Waals surface area (Å²) in [6.45, 7) is 1.06. The highest BCUT2D eigenvalue weighted by Gasteiger charge is 2.20. The zero-order valence-corrected chi connectivity index (χ0v) is 8.78. The summed E-state index contributed by atoms with van der Waals surface area (Å²) in [5.74, 6) is 4.55. The number of nitrogens with two attached hydrogens (primary N) is 1. The summed E-state index contributed by atoms with van der Waals surface area (Å²) in [5.41, 5.74) is 5.81. The van der Waals surface area contributed by atoms with E-state index >= 15 is 0 Å². The van der Waals surface area contributed by atoms with E-state index in [2.05, 4.69) is 11.2 Å². The monoisotopic (exact) mass is 198 g/mol. The van der Waals surface area contributed by atoms with Crippen molar-refractivity contribution < 1.29 is 0 Å². The molecule has 0 bridgehead atoms. The van der Waals surface area contributed by atoms with Crippen molar-refractivity contribution in [3.05, 3.63) is 0 Å². The Hall–Kier alpha value is -0.170. The van der Waals surface area contributed by atoms with Crippen LogP contribution in [0, 0.1) is 12.3 Å². The molecule has 13 heavy (non-hydrogen) atoms. The molecule has 74 valence electrons. The Bertz CT molecular complexity index is 176. The summed E-state index contributed by atoms with van der Waals surface area (Å²) in [6.07, 6.45) is 8.69. The van der Waals surface area contributed by atoms with Gasteiger partial charge in [-0.05, 0) is 19.3 Å². The van der Waals surface area contributed by atoms with Crippen LogP contribution in [0.4, 0.5) is 0 Å². The van der Waals surface area contributed by atoms with E-state index in [1.54, 1.807) is 0 Å². The Morgan fingerprint density at radius 3 is 3.00 bits per heavy atom. The van der Waals surface area contributed by atoms with E-state index in [4.69, 9.17) is 12.2 Å². The number of rotatable bonds is 5. The van der Waals surface area contributed by atoms with Crippen LogP contribution >= 0.6 is 11.8 Å². The zero-order chi connectivity index (χ0) is 9.52. The Morgan fingerprint density at radius 1 is 1.54 bits per heavy atom. The number of terminal acetylenes is 1. The van der Waals surface area contributed by atoms with Crippen LogP contribution in [0.5, 0.6) is 0 Å². The fraction of sp³-hybridized carbons (Fsp3) is 0.800. The lowest BCUT2D eigenvalue weighted by atomic mass is 10.2. The molecule has 1 fully saturated rings. The van der Waals surface area contributed by atoms with Gasteiger partial charge in [0, 0.05) is 24.4 Å². The third-order valence-corrected chi connectivity index (χ3v) is 3.20. The van der Waals surface area contributed by atoms with Crippen molar-refractivity contribution >= 4 is 11.8 Å². The quantitative estimate of drug-likeness (QED) is 0.507. The van der Waals surface area contributed by atoms with Crippen molar-refractivity contribution in [2.45, 2.75) is 31.3 Å². The fourth-order valence-corrected chi connectivity index (χ4v) is 2.19. The van der Waals surface area contributed by atoms with Gasteiger partial charge in [0.2, 0.25) is 0 Å². The van der Waals surface area contributed by atoms with Gasteiger partial charge in [-0.2, -0.15) is 0 Å². The molecule has 0 amide bonds. The number of nitrogens with one attached hydrogen (secondary N) is 1. The smallest absolute Gasteiger partial charge is 0.0545 e. The highest BCUT2D eigenvalue weighted by Crippen LogP contribution is 2.16. The van der Waals surface area contributed by atoms with Crippen molar-refractivity contribution in [3.63, 3.8) is 0 Å². The molecule has 0 aromatic heterocycles. The molecule has 1 rings (SSSR count). The maximum Gasteiger partial charge on any atom is 0.0545 e. The Kier molecular flexibility index (Phi) is 5.29. The average Bonchev–Trinajstić information content (AvgIpc) is 2.51. The van der Waals surface area contributed by atoms with Gasteiger partial charge in [0.25, 0.3) is 0 Å². The van der Waals surface area contributed by atoms with Crippen LogP contribution in [0.3, 0.4) is 0 Å². The summed E-state index contributed by atoms with van der Waals surface area (Å²) in [7, 11) is 0. The second kappa shape index (κ2) is 6.31. The summed E-state index contributed by atoms with van der Waals surface area (Å²) in [6, 6.07) is 1.08. The summed E-state index contributed by atoms with van der Waals surface area (Å²) < 4.78 is 0. The van der Waals surface area contributed by atoms with E-state index in [9.17, 15) is 0 Å². The van der Waals surface area contributed by atoms with Crippen molar-refractivity contribution in [2.24, 2.45) is 5.73 Å². The van der Waals surface area contributed by atoms with Gasteiger partial charge in [0.05, 0.1) is 5.75 Å². The largest absolute Gasteiger partial charge is 0.328 e. The van der Waals surface area contributed by atoms with Gasteiger partial charge < -0.3 is 11.1 Å². The van der Waals surface area contributed by atoms with Gasteiger partial charge in [-0.3, -0.25) is 0 Å². The second-order valence-corrected chi connectivity index (χ2v) is 4.59. The molecule has 2 nitrogen and oxygen atoms in total. The van der Waals surface area contributed by atoms with Gasteiger partial charge in [-0.25, -0.2) is 0 Å². The Balaban J connectivity index is 1.92. The van der Waals surface area contributed by atoms with Crippen LogP contribution in [0.1, 0.15) is 19.3 Å². The van der Waals surface area contributed by atoms with E-state index < -0.39 is 0 Å². The molecule has 0 radical (unpaired) electrons. The number of hydrogen-bond acceptors (Lipinski definition) is 3. The SMILES string of the molecule is C#CCSCCNC1CCC(N)C1. The molecule has 2 unspecified atom stereocenters. The van der Waals surface area contributed by atoms with E-state index in [-0.39, 0.29) is 0 Å². The molecule has 1 saturated carbocycles. The highest BCUT2D eigenvalue weighted by atomic mass is 32.2. The highest BCUT2D eigenvalue weighted by molar-refractivity contribution is 7.99. The molecule has 2 atom stereocenters. The normalized spacial score (nSPS) is 27.4. The minimum Gasteiger partial charge on any atom is -0.328 e. The maximum absolute atomic E-state index is 5.81. The van der Waals surface area contributed by atoms with Crippen LogP contribution in [0.15, 0.2) is 0 Å². The van der Waals surface area contributed by atoms with Crippen molar-refractivity contribution in [1.29, 1.82) is 0 Å². The van der Waals surface area contributed by atoms with Gasteiger partial charge in [-0.15, -0.1) is 18.2 Å². The lowest BCUT2D eigenvalue weighted by molar-refractivity contribution is 0.536. The van der Waals surface area contributed by atoms with Crippen LogP contribution in [0.25, 0.3) is 0 Å². The van der Waals surface area contributed by atoms with E-state index in [0.29, 0.717) is 12.1 Å². The first-order chi connectivity index (χ1) is 6.33. The average molecular weight is 198 g/mol. The summed E-state index contributed by atoms with van der Waals surface area (Å²) in [5, 5.41) is 3.50. The second-order valence-electron chi connectivity index (χ2n) is 3.48. The van der Waals surface area contributed by atoms with Gasteiger partial charge in [0.15, 0.2) is 0 Å². The van der Waals surface area contributed by atoms with Crippen molar-refractivity contribution in [1.82, 2.24) is 5.32 Å². The third-order valence-electron chi connectivity index (χ3n) is 2.34. The maximum atomic E-state index is 5.81. The lowest BCUT2D eigenvalue weighted by Gasteiger charge is -2.11.